The Kier molecular flexibility index (Phi) is 3.66. The van der Waals surface area contributed by atoms with Crippen LogP contribution in [-0.4, -0.2) is 27.4 Å². The summed E-state index contributed by atoms with van der Waals surface area (Å²) >= 11 is 0. The summed E-state index contributed by atoms with van der Waals surface area (Å²) in [5.41, 5.74) is 0.103. The summed E-state index contributed by atoms with van der Waals surface area (Å²) < 4.78 is 0. The van der Waals surface area contributed by atoms with Crippen LogP contribution in [0.25, 0.3) is 11.1 Å². The number of nitro benzene ring substituents is 1. The summed E-state index contributed by atoms with van der Waals surface area (Å²) in [7, 11) is 0. The fourth-order valence-corrected chi connectivity index (χ4v) is 1.84. The maximum Gasteiger partial charge on any atom is 0.335 e. The largest absolute Gasteiger partial charge is 0.502 e. The lowest BCUT2D eigenvalue weighted by atomic mass is 10.0. The van der Waals surface area contributed by atoms with Crippen molar-refractivity contribution in [2.24, 2.45) is 0 Å². The van der Waals surface area contributed by atoms with Crippen LogP contribution < -0.4 is 0 Å². The van der Waals surface area contributed by atoms with Gasteiger partial charge >= 0.3 is 11.7 Å². The second-order valence-corrected chi connectivity index (χ2v) is 4.19. The van der Waals surface area contributed by atoms with Crippen molar-refractivity contribution in [2.45, 2.75) is 0 Å². The normalized spacial score (nSPS) is 10.1. The number of nitro groups is 1. The molecule has 0 saturated heterocycles. The number of phenols is 1. The molecule has 106 valence electrons. The number of carboxylic acids is 1. The first kappa shape index (κ1) is 14.2. The van der Waals surface area contributed by atoms with E-state index >= 15 is 0 Å². The van der Waals surface area contributed by atoms with Crippen molar-refractivity contribution in [1.82, 2.24) is 0 Å². The zero-order chi connectivity index (χ0) is 15.6. The molecule has 2 aromatic rings. The molecule has 2 aromatic carbocycles. The molecule has 0 aliphatic rings. The molecule has 0 aliphatic heterocycles. The molecule has 0 bridgehead atoms. The second kappa shape index (κ2) is 5.41. The highest BCUT2D eigenvalue weighted by Crippen LogP contribution is 2.34. The Hall–Kier alpha value is -3.22. The molecule has 0 saturated carbocycles. The number of aromatic carboxylic acids is 1. The first-order chi connectivity index (χ1) is 9.93. The fraction of sp³-hybridized carbons (Fsp3) is 0. The maximum absolute atomic E-state index is 10.9. The third kappa shape index (κ3) is 2.71. The van der Waals surface area contributed by atoms with E-state index in [0.29, 0.717) is 17.4 Å². The molecule has 0 atom stereocenters. The number of carbonyl (C=O) groups excluding carboxylic acids is 1. The summed E-state index contributed by atoms with van der Waals surface area (Å²) in [5.74, 6) is -1.78. The number of rotatable bonds is 4. The lowest BCUT2D eigenvalue weighted by molar-refractivity contribution is -0.385. The molecule has 0 aliphatic carbocycles. The Morgan fingerprint density at radius 1 is 1.14 bits per heavy atom. The second-order valence-electron chi connectivity index (χ2n) is 4.19. The van der Waals surface area contributed by atoms with E-state index in [2.05, 4.69) is 0 Å². The molecule has 0 unspecified atom stereocenters. The number of aromatic hydroxyl groups is 1. The van der Waals surface area contributed by atoms with Crippen LogP contribution >= 0.6 is 0 Å². The first-order valence-corrected chi connectivity index (χ1v) is 5.74. The Labute approximate surface area is 118 Å². The zero-order valence-corrected chi connectivity index (χ0v) is 10.5. The number of carbonyl (C=O) groups is 2. The van der Waals surface area contributed by atoms with E-state index in [4.69, 9.17) is 5.11 Å². The maximum atomic E-state index is 10.9. The fourth-order valence-electron chi connectivity index (χ4n) is 1.84. The van der Waals surface area contributed by atoms with Crippen LogP contribution in [0, 0.1) is 10.1 Å². The van der Waals surface area contributed by atoms with Gasteiger partial charge in [-0.1, -0.05) is 12.1 Å². The average molecular weight is 287 g/mol. The quantitative estimate of drug-likeness (QED) is 0.506. The van der Waals surface area contributed by atoms with E-state index < -0.39 is 22.3 Å². The van der Waals surface area contributed by atoms with E-state index in [1.54, 1.807) is 0 Å². The number of hydrogen-bond acceptors (Lipinski definition) is 5. The van der Waals surface area contributed by atoms with Crippen molar-refractivity contribution in [1.29, 1.82) is 0 Å². The van der Waals surface area contributed by atoms with Gasteiger partial charge in [-0.2, -0.15) is 0 Å². The highest BCUT2D eigenvalue weighted by atomic mass is 16.6. The Bertz CT molecular complexity index is 736. The lowest BCUT2D eigenvalue weighted by Gasteiger charge is -2.06. The number of aldehydes is 1. The van der Waals surface area contributed by atoms with Gasteiger partial charge < -0.3 is 10.2 Å². The molecular weight excluding hydrogens is 278 g/mol. The Morgan fingerprint density at radius 3 is 2.24 bits per heavy atom. The monoisotopic (exact) mass is 287 g/mol. The van der Waals surface area contributed by atoms with Gasteiger partial charge in [-0.25, -0.2) is 4.79 Å². The van der Waals surface area contributed by atoms with Crippen molar-refractivity contribution in [3.05, 3.63) is 57.6 Å². The van der Waals surface area contributed by atoms with E-state index in [1.165, 1.54) is 30.3 Å². The van der Waals surface area contributed by atoms with Gasteiger partial charge in [0.2, 0.25) is 5.75 Å². The number of benzene rings is 2. The summed E-state index contributed by atoms with van der Waals surface area (Å²) in [6, 6.07) is 8.04. The lowest BCUT2D eigenvalue weighted by Crippen LogP contribution is -1.96. The van der Waals surface area contributed by atoms with Crippen LogP contribution in [0.15, 0.2) is 36.4 Å². The van der Waals surface area contributed by atoms with Gasteiger partial charge in [0, 0.05) is 6.07 Å². The molecule has 0 radical (unpaired) electrons. The predicted octanol–water partition coefficient (Wildman–Crippen LogP) is 2.48. The van der Waals surface area contributed by atoms with Crippen molar-refractivity contribution >= 4 is 17.9 Å². The molecule has 0 amide bonds. The highest BCUT2D eigenvalue weighted by molar-refractivity contribution is 5.89. The summed E-state index contributed by atoms with van der Waals surface area (Å²) in [6.07, 6.45) is 0.317. The SMILES string of the molecule is O=Cc1cc(-c2ccc(C(=O)O)cc2)cc([N+](=O)[O-])c1O. The third-order valence-electron chi connectivity index (χ3n) is 2.91. The van der Waals surface area contributed by atoms with Crippen LogP contribution in [0.4, 0.5) is 5.69 Å². The predicted molar refractivity (Wildman–Crippen MR) is 72.5 cm³/mol. The third-order valence-corrected chi connectivity index (χ3v) is 2.91. The number of phenolic OH excluding ortho intramolecular Hbond substituents is 1. The molecule has 7 heteroatoms. The van der Waals surface area contributed by atoms with E-state index in [-0.39, 0.29) is 11.1 Å². The molecule has 0 aromatic heterocycles. The summed E-state index contributed by atoms with van der Waals surface area (Å²) in [6.45, 7) is 0. The van der Waals surface area contributed by atoms with Gasteiger partial charge in [-0.05, 0) is 29.3 Å². The minimum Gasteiger partial charge on any atom is -0.502 e. The van der Waals surface area contributed by atoms with Crippen LogP contribution in [-0.2, 0) is 0 Å². The number of carboxylic acid groups (broad SMARTS) is 1. The molecule has 0 heterocycles. The van der Waals surface area contributed by atoms with E-state index in [0.717, 1.165) is 6.07 Å². The van der Waals surface area contributed by atoms with Crippen LogP contribution in [0.5, 0.6) is 5.75 Å². The summed E-state index contributed by atoms with van der Waals surface area (Å²) in [4.78, 5) is 31.7. The van der Waals surface area contributed by atoms with Gasteiger partial charge in [-0.3, -0.25) is 14.9 Å². The minimum atomic E-state index is -1.09. The van der Waals surface area contributed by atoms with Gasteiger partial charge in [0.25, 0.3) is 0 Å². The van der Waals surface area contributed by atoms with Gasteiger partial charge in [0.15, 0.2) is 6.29 Å². The molecule has 2 rings (SSSR count). The van der Waals surface area contributed by atoms with Crippen LogP contribution in [0.1, 0.15) is 20.7 Å². The number of nitrogens with zero attached hydrogens (tertiary/aromatic N) is 1. The molecule has 7 nitrogen and oxygen atoms in total. The molecular formula is C14H9NO6. The Morgan fingerprint density at radius 2 is 1.76 bits per heavy atom. The molecule has 0 spiro atoms. The van der Waals surface area contributed by atoms with Crippen molar-refractivity contribution in [3.63, 3.8) is 0 Å². The summed E-state index contributed by atoms with van der Waals surface area (Å²) in [5, 5.41) is 29.3. The van der Waals surface area contributed by atoms with Crippen molar-refractivity contribution in [2.75, 3.05) is 0 Å². The van der Waals surface area contributed by atoms with Crippen molar-refractivity contribution in [3.8, 4) is 16.9 Å². The minimum absolute atomic E-state index is 0.0719. The average Bonchev–Trinajstić information content (AvgIpc) is 2.47. The molecule has 0 fully saturated rings. The van der Waals surface area contributed by atoms with E-state index in [1.807, 2.05) is 0 Å². The van der Waals surface area contributed by atoms with Crippen LogP contribution in [0.2, 0.25) is 0 Å². The van der Waals surface area contributed by atoms with Gasteiger partial charge in [-0.15, -0.1) is 0 Å². The van der Waals surface area contributed by atoms with Gasteiger partial charge in [0.1, 0.15) is 0 Å². The van der Waals surface area contributed by atoms with Crippen molar-refractivity contribution < 1.29 is 24.7 Å². The first-order valence-electron chi connectivity index (χ1n) is 5.74. The topological polar surface area (TPSA) is 118 Å². The standard InChI is InChI=1S/C14H9NO6/c16-7-11-5-10(6-12(13(11)17)15(20)21)8-1-3-9(4-2-8)14(18)19/h1-7,17H,(H,18,19). The van der Waals surface area contributed by atoms with E-state index in [9.17, 15) is 24.8 Å². The van der Waals surface area contributed by atoms with Crippen LogP contribution in [0.3, 0.4) is 0 Å². The Balaban J connectivity index is 2.58. The zero-order valence-electron chi connectivity index (χ0n) is 10.5. The van der Waals surface area contributed by atoms with Gasteiger partial charge in [0.05, 0.1) is 16.1 Å². The smallest absolute Gasteiger partial charge is 0.335 e. The molecule has 21 heavy (non-hydrogen) atoms. The molecule has 2 N–H and O–H groups in total. The number of hydrogen-bond donors (Lipinski definition) is 2. The highest BCUT2D eigenvalue weighted by Gasteiger charge is 2.19.